The summed E-state index contributed by atoms with van der Waals surface area (Å²) < 4.78 is 38.9. The first-order valence-corrected chi connectivity index (χ1v) is 11.9. The molecule has 0 N–H and O–H groups in total. The predicted octanol–water partition coefficient (Wildman–Crippen LogP) is 2.96. The van der Waals surface area contributed by atoms with Crippen LogP contribution in [-0.2, 0) is 24.5 Å². The van der Waals surface area contributed by atoms with Gasteiger partial charge in [-0.05, 0) is 29.8 Å². The molecule has 132 valence electrons. The molecule has 23 heavy (non-hydrogen) atoms. The zero-order chi connectivity index (χ0) is 17.7. The molecule has 1 aromatic rings. The number of nitrogens with zero attached hydrogens (tertiary/aromatic N) is 1. The Balaban J connectivity index is 2.54. The number of rotatable bonds is 8. The average molecular weight is 362 g/mol. The summed E-state index contributed by atoms with van der Waals surface area (Å²) in [5, 5.41) is 0.156. The molecule has 6 nitrogen and oxygen atoms in total. The van der Waals surface area contributed by atoms with Crippen LogP contribution in [0.3, 0.4) is 0 Å². The minimum atomic E-state index is -3.56. The first kappa shape index (κ1) is 20.1. The highest BCUT2D eigenvalue weighted by Gasteiger charge is 2.36. The predicted molar refractivity (Wildman–Crippen MR) is 92.5 cm³/mol. The van der Waals surface area contributed by atoms with E-state index in [1.807, 2.05) is 0 Å². The van der Waals surface area contributed by atoms with Gasteiger partial charge in [0.1, 0.15) is 18.1 Å². The van der Waals surface area contributed by atoms with Gasteiger partial charge in [0.2, 0.25) is 0 Å². The molecular weight excluding hydrogens is 334 g/mol. The molecule has 1 aromatic heterocycles. The van der Waals surface area contributed by atoms with Crippen molar-refractivity contribution in [2.45, 2.75) is 44.7 Å². The van der Waals surface area contributed by atoms with Gasteiger partial charge in [0, 0.05) is 6.20 Å². The quantitative estimate of drug-likeness (QED) is 0.402. The molecule has 0 aliphatic carbocycles. The molecule has 0 fully saturated rings. The van der Waals surface area contributed by atoms with Gasteiger partial charge in [-0.15, -0.1) is 0 Å². The lowest BCUT2D eigenvalue weighted by Crippen LogP contribution is -2.41. The largest absolute Gasteiger partial charge is 0.490 e. The molecule has 1 rings (SSSR count). The van der Waals surface area contributed by atoms with Crippen LogP contribution < -0.4 is 4.74 Å². The van der Waals surface area contributed by atoms with Crippen LogP contribution in [0.5, 0.6) is 5.75 Å². The van der Waals surface area contributed by atoms with Crippen LogP contribution in [0.25, 0.3) is 0 Å². The summed E-state index contributed by atoms with van der Waals surface area (Å²) in [4.78, 5) is 3.99. The van der Waals surface area contributed by atoms with Gasteiger partial charge < -0.3 is 9.16 Å². The van der Waals surface area contributed by atoms with Gasteiger partial charge >= 0.3 is 0 Å². The maximum absolute atomic E-state index is 11.4. The van der Waals surface area contributed by atoms with E-state index in [0.29, 0.717) is 24.5 Å². The van der Waals surface area contributed by atoms with Crippen LogP contribution >= 0.6 is 0 Å². The van der Waals surface area contributed by atoms with Crippen molar-refractivity contribution >= 4 is 18.4 Å². The monoisotopic (exact) mass is 361 g/mol. The van der Waals surface area contributed by atoms with Gasteiger partial charge in [-0.2, -0.15) is 8.42 Å². The first-order valence-electron chi connectivity index (χ1n) is 7.46. The zero-order valence-corrected chi connectivity index (χ0v) is 16.6. The highest BCUT2D eigenvalue weighted by molar-refractivity contribution is 7.85. The van der Waals surface area contributed by atoms with Crippen LogP contribution in [0.2, 0.25) is 18.1 Å². The Labute approximate surface area is 140 Å². The van der Waals surface area contributed by atoms with Crippen molar-refractivity contribution in [3.8, 4) is 5.75 Å². The Bertz CT molecular complexity index is 611. The molecule has 0 unspecified atom stereocenters. The van der Waals surface area contributed by atoms with Crippen LogP contribution in [0.1, 0.15) is 26.3 Å². The molecule has 1 heterocycles. The molecular formula is C15H27NO5SSi. The highest BCUT2D eigenvalue weighted by Crippen LogP contribution is 2.36. The standard InChI is InChI=1S/C15H27NO5SSi/c1-15(2,3)23(5,6)21-8-7-20-14-9-13(10-16-11-14)12-22(17,18)19-4/h9-11H,7-8,12H2,1-6H3. The van der Waals surface area contributed by atoms with Crippen molar-refractivity contribution in [3.05, 3.63) is 24.0 Å². The molecule has 8 heteroatoms. The van der Waals surface area contributed by atoms with E-state index < -0.39 is 18.4 Å². The number of aromatic nitrogens is 1. The molecule has 0 atom stereocenters. The summed E-state index contributed by atoms with van der Waals surface area (Å²) in [6, 6.07) is 1.65. The van der Waals surface area contributed by atoms with Gasteiger partial charge in [-0.1, -0.05) is 20.8 Å². The second kappa shape index (κ2) is 7.74. The molecule has 0 bridgehead atoms. The molecule has 0 saturated heterocycles. The maximum Gasteiger partial charge on any atom is 0.271 e. The molecule has 0 spiro atoms. The number of hydrogen-bond donors (Lipinski definition) is 0. The number of hydrogen-bond acceptors (Lipinski definition) is 6. The lowest BCUT2D eigenvalue weighted by molar-refractivity contribution is 0.203. The van der Waals surface area contributed by atoms with E-state index in [1.54, 1.807) is 12.3 Å². The summed E-state index contributed by atoms with van der Waals surface area (Å²) in [5.41, 5.74) is 0.523. The van der Waals surface area contributed by atoms with Crippen LogP contribution in [-0.4, -0.2) is 42.0 Å². The minimum Gasteiger partial charge on any atom is -0.490 e. The van der Waals surface area contributed by atoms with Crippen LogP contribution in [0.15, 0.2) is 18.5 Å². The minimum absolute atomic E-state index is 0.156. The Kier molecular flexibility index (Phi) is 6.76. The van der Waals surface area contributed by atoms with E-state index in [-0.39, 0.29) is 10.8 Å². The molecule has 0 amide bonds. The smallest absolute Gasteiger partial charge is 0.271 e. The summed E-state index contributed by atoms with van der Waals surface area (Å²) in [5.74, 6) is 0.293. The molecule has 0 aliphatic rings. The molecule has 0 aliphatic heterocycles. The van der Waals surface area contributed by atoms with Gasteiger partial charge in [-0.25, -0.2) is 0 Å². The Morgan fingerprint density at radius 2 is 1.83 bits per heavy atom. The topological polar surface area (TPSA) is 74.7 Å². The van der Waals surface area contributed by atoms with Crippen molar-refractivity contribution in [2.75, 3.05) is 20.3 Å². The number of pyridine rings is 1. The summed E-state index contributed by atoms with van der Waals surface area (Å²) in [6.45, 7) is 11.8. The summed E-state index contributed by atoms with van der Waals surface area (Å²) in [6.07, 6.45) is 3.03. The fraction of sp³-hybridized carbons (Fsp3) is 0.667. The first-order chi connectivity index (χ1) is 10.5. The van der Waals surface area contributed by atoms with Crippen molar-refractivity contribution in [1.82, 2.24) is 4.98 Å². The zero-order valence-electron chi connectivity index (χ0n) is 14.8. The normalized spacial score (nSPS) is 13.1. The fourth-order valence-corrected chi connectivity index (χ4v) is 3.27. The summed E-state index contributed by atoms with van der Waals surface area (Å²) in [7, 11) is -4.21. The lowest BCUT2D eigenvalue weighted by Gasteiger charge is -2.36. The third-order valence-electron chi connectivity index (χ3n) is 3.99. The van der Waals surface area contributed by atoms with E-state index in [0.717, 1.165) is 7.11 Å². The van der Waals surface area contributed by atoms with Gasteiger partial charge in [0.05, 0.1) is 19.9 Å². The van der Waals surface area contributed by atoms with E-state index >= 15 is 0 Å². The highest BCUT2D eigenvalue weighted by atomic mass is 32.2. The Hall–Kier alpha value is -0.963. The average Bonchev–Trinajstić information content (AvgIpc) is 2.42. The fourth-order valence-electron chi connectivity index (χ4n) is 1.56. The van der Waals surface area contributed by atoms with E-state index in [9.17, 15) is 8.42 Å². The van der Waals surface area contributed by atoms with E-state index in [1.165, 1.54) is 6.20 Å². The van der Waals surface area contributed by atoms with E-state index in [2.05, 4.69) is 43.0 Å². The number of ether oxygens (including phenoxy) is 1. The summed E-state index contributed by atoms with van der Waals surface area (Å²) >= 11 is 0. The Morgan fingerprint density at radius 3 is 2.39 bits per heavy atom. The van der Waals surface area contributed by atoms with Crippen molar-refractivity contribution in [2.24, 2.45) is 0 Å². The molecule has 0 radical (unpaired) electrons. The lowest BCUT2D eigenvalue weighted by atomic mass is 10.2. The van der Waals surface area contributed by atoms with Gasteiger partial charge in [0.15, 0.2) is 8.32 Å². The SMILES string of the molecule is COS(=O)(=O)Cc1cncc(OCCO[Si](C)(C)C(C)(C)C)c1. The van der Waals surface area contributed by atoms with Crippen LogP contribution in [0, 0.1) is 0 Å². The van der Waals surface area contributed by atoms with Gasteiger partial charge in [-0.3, -0.25) is 9.17 Å². The molecule has 0 aromatic carbocycles. The Morgan fingerprint density at radius 1 is 1.17 bits per heavy atom. The van der Waals surface area contributed by atoms with Crippen molar-refractivity contribution in [3.63, 3.8) is 0 Å². The second-order valence-corrected chi connectivity index (χ2v) is 13.4. The third kappa shape index (κ3) is 6.58. The molecule has 0 saturated carbocycles. The van der Waals surface area contributed by atoms with Crippen molar-refractivity contribution < 1.29 is 21.8 Å². The van der Waals surface area contributed by atoms with E-state index in [4.69, 9.17) is 9.16 Å². The second-order valence-electron chi connectivity index (χ2n) is 6.85. The van der Waals surface area contributed by atoms with Crippen LogP contribution in [0.4, 0.5) is 0 Å². The van der Waals surface area contributed by atoms with Gasteiger partial charge in [0.25, 0.3) is 10.1 Å². The maximum atomic E-state index is 11.4. The third-order valence-corrected chi connectivity index (χ3v) is 9.72. The van der Waals surface area contributed by atoms with Crippen molar-refractivity contribution in [1.29, 1.82) is 0 Å².